The zero-order chi connectivity index (χ0) is 14.7. The van der Waals surface area contributed by atoms with Gasteiger partial charge in [-0.2, -0.15) is 0 Å². The number of hydrogen-bond acceptors (Lipinski definition) is 2. The van der Waals surface area contributed by atoms with Gasteiger partial charge in [0.15, 0.2) is 0 Å². The van der Waals surface area contributed by atoms with E-state index in [1.54, 1.807) is 11.1 Å². The van der Waals surface area contributed by atoms with Crippen LogP contribution in [0.4, 0.5) is 0 Å². The Balaban J connectivity index is 1.73. The number of benzene rings is 2. The molecule has 110 valence electrons. The highest BCUT2D eigenvalue weighted by atomic mass is 32.2. The summed E-state index contributed by atoms with van der Waals surface area (Å²) in [6.07, 6.45) is 5.87. The van der Waals surface area contributed by atoms with E-state index in [1.807, 2.05) is 11.8 Å². The number of thioether (sulfide) groups is 1. The molecule has 0 fully saturated rings. The predicted octanol–water partition coefficient (Wildman–Crippen LogP) is 4.40. The molecule has 2 aromatic rings. The van der Waals surface area contributed by atoms with E-state index in [0.29, 0.717) is 6.04 Å². The number of aryl methyl sites for hydroxylation is 1. The van der Waals surface area contributed by atoms with E-state index in [2.05, 4.69) is 66.7 Å². The largest absolute Gasteiger partial charge is 0.299 e. The molecular formula is C19H23NS. The highest BCUT2D eigenvalue weighted by Crippen LogP contribution is 2.31. The summed E-state index contributed by atoms with van der Waals surface area (Å²) in [6, 6.07) is 18.2. The molecule has 2 aromatic carbocycles. The van der Waals surface area contributed by atoms with Crippen molar-refractivity contribution in [2.45, 2.75) is 36.7 Å². The minimum absolute atomic E-state index is 0.658. The molecule has 1 nitrogen and oxygen atoms in total. The average molecular weight is 297 g/mol. The molecule has 21 heavy (non-hydrogen) atoms. The van der Waals surface area contributed by atoms with Crippen LogP contribution in [0.5, 0.6) is 0 Å². The third kappa shape index (κ3) is 3.33. The lowest BCUT2D eigenvalue weighted by Gasteiger charge is -2.33. The summed E-state index contributed by atoms with van der Waals surface area (Å²) < 4.78 is 0. The molecule has 0 aliphatic heterocycles. The predicted molar refractivity (Wildman–Crippen MR) is 91.9 cm³/mol. The molecular weight excluding hydrogens is 274 g/mol. The normalized spacial score (nSPS) is 17.8. The minimum atomic E-state index is 0.658. The lowest BCUT2D eigenvalue weighted by Crippen LogP contribution is -2.36. The van der Waals surface area contributed by atoms with E-state index in [4.69, 9.17) is 0 Å². The summed E-state index contributed by atoms with van der Waals surface area (Å²) in [7, 11) is 2.27. The van der Waals surface area contributed by atoms with E-state index in [-0.39, 0.29) is 0 Å². The van der Waals surface area contributed by atoms with Gasteiger partial charge in [-0.1, -0.05) is 42.5 Å². The lowest BCUT2D eigenvalue weighted by molar-refractivity contribution is 0.213. The number of rotatable bonds is 4. The molecule has 0 radical (unpaired) electrons. The Morgan fingerprint density at radius 2 is 1.90 bits per heavy atom. The molecule has 0 heterocycles. The van der Waals surface area contributed by atoms with Crippen molar-refractivity contribution in [3.8, 4) is 0 Å². The fourth-order valence-corrected chi connectivity index (χ4v) is 3.98. The van der Waals surface area contributed by atoms with E-state index < -0.39 is 0 Å². The zero-order valence-electron chi connectivity index (χ0n) is 12.9. The Kier molecular flexibility index (Phi) is 4.67. The van der Waals surface area contributed by atoms with Crippen LogP contribution in [0, 0.1) is 0 Å². The van der Waals surface area contributed by atoms with Crippen LogP contribution < -0.4 is 0 Å². The molecule has 0 saturated carbocycles. The molecule has 0 bridgehead atoms. The first kappa shape index (κ1) is 14.7. The van der Waals surface area contributed by atoms with Crippen LogP contribution in [0.15, 0.2) is 53.4 Å². The van der Waals surface area contributed by atoms with Gasteiger partial charge in [-0.15, -0.1) is 11.8 Å². The van der Waals surface area contributed by atoms with Crippen LogP contribution in [0.25, 0.3) is 0 Å². The maximum absolute atomic E-state index is 2.52. The van der Waals surface area contributed by atoms with Crippen LogP contribution in [0.2, 0.25) is 0 Å². The second kappa shape index (κ2) is 6.67. The summed E-state index contributed by atoms with van der Waals surface area (Å²) in [4.78, 5) is 3.99. The van der Waals surface area contributed by atoms with Gasteiger partial charge in [-0.25, -0.2) is 0 Å². The van der Waals surface area contributed by atoms with Gasteiger partial charge in [-0.3, -0.25) is 4.90 Å². The Morgan fingerprint density at radius 1 is 1.10 bits per heavy atom. The van der Waals surface area contributed by atoms with Gasteiger partial charge in [-0.05, 0) is 55.3 Å². The first-order valence-electron chi connectivity index (χ1n) is 7.67. The van der Waals surface area contributed by atoms with Crippen molar-refractivity contribution in [3.05, 3.63) is 65.2 Å². The summed E-state index contributed by atoms with van der Waals surface area (Å²) in [5, 5.41) is 0. The SMILES string of the molecule is CSc1cccc2c1CC(N(C)Cc1ccccc1)CC2. The van der Waals surface area contributed by atoms with Crippen LogP contribution in [0.3, 0.4) is 0 Å². The molecule has 1 aliphatic rings. The average Bonchev–Trinajstić information content (AvgIpc) is 2.54. The van der Waals surface area contributed by atoms with E-state index in [1.165, 1.54) is 29.7 Å². The molecule has 0 aromatic heterocycles. The monoisotopic (exact) mass is 297 g/mol. The Bertz CT molecular complexity index is 580. The molecule has 1 aliphatic carbocycles. The van der Waals surface area contributed by atoms with Crippen molar-refractivity contribution >= 4 is 11.8 Å². The van der Waals surface area contributed by atoms with E-state index in [9.17, 15) is 0 Å². The van der Waals surface area contributed by atoms with Crippen molar-refractivity contribution in [2.24, 2.45) is 0 Å². The van der Waals surface area contributed by atoms with Gasteiger partial charge < -0.3 is 0 Å². The third-order valence-electron chi connectivity index (χ3n) is 4.53. The van der Waals surface area contributed by atoms with Crippen LogP contribution >= 0.6 is 11.8 Å². The minimum Gasteiger partial charge on any atom is -0.299 e. The standard InChI is InChI=1S/C19H23NS/c1-20(14-15-7-4-3-5-8-15)17-12-11-16-9-6-10-19(21-2)18(16)13-17/h3-10,17H,11-14H2,1-2H3. The summed E-state index contributed by atoms with van der Waals surface area (Å²) in [6.45, 7) is 1.04. The quantitative estimate of drug-likeness (QED) is 0.770. The van der Waals surface area contributed by atoms with Crippen molar-refractivity contribution in [3.63, 3.8) is 0 Å². The molecule has 0 saturated heterocycles. The first-order chi connectivity index (χ1) is 10.3. The maximum atomic E-state index is 2.52. The summed E-state index contributed by atoms with van der Waals surface area (Å²) in [5.74, 6) is 0. The topological polar surface area (TPSA) is 3.24 Å². The third-order valence-corrected chi connectivity index (χ3v) is 5.36. The zero-order valence-corrected chi connectivity index (χ0v) is 13.7. The van der Waals surface area contributed by atoms with Gasteiger partial charge in [0.2, 0.25) is 0 Å². The highest BCUT2D eigenvalue weighted by Gasteiger charge is 2.23. The molecule has 3 rings (SSSR count). The summed E-state index contributed by atoms with van der Waals surface area (Å²) in [5.41, 5.74) is 4.55. The molecule has 1 atom stereocenters. The number of likely N-dealkylation sites (N-methyl/N-ethyl adjacent to an activating group) is 1. The van der Waals surface area contributed by atoms with Crippen LogP contribution in [0.1, 0.15) is 23.1 Å². The number of hydrogen-bond donors (Lipinski definition) is 0. The Morgan fingerprint density at radius 3 is 2.67 bits per heavy atom. The molecule has 0 amide bonds. The molecule has 1 unspecified atom stereocenters. The molecule has 0 spiro atoms. The van der Waals surface area contributed by atoms with E-state index >= 15 is 0 Å². The van der Waals surface area contributed by atoms with Gasteiger partial charge in [0.25, 0.3) is 0 Å². The Hall–Kier alpha value is -1.25. The van der Waals surface area contributed by atoms with Crippen LogP contribution in [-0.2, 0) is 19.4 Å². The molecule has 2 heteroatoms. The second-order valence-corrected chi connectivity index (χ2v) is 6.74. The van der Waals surface area contributed by atoms with Gasteiger partial charge in [0.1, 0.15) is 0 Å². The first-order valence-corrected chi connectivity index (χ1v) is 8.89. The maximum Gasteiger partial charge on any atom is 0.0233 e. The van der Waals surface area contributed by atoms with E-state index in [0.717, 1.165) is 6.54 Å². The van der Waals surface area contributed by atoms with Crippen molar-refractivity contribution in [2.75, 3.05) is 13.3 Å². The fraction of sp³-hybridized carbons (Fsp3) is 0.368. The van der Waals surface area contributed by atoms with Gasteiger partial charge in [0.05, 0.1) is 0 Å². The second-order valence-electron chi connectivity index (χ2n) is 5.90. The van der Waals surface area contributed by atoms with Crippen molar-refractivity contribution in [1.29, 1.82) is 0 Å². The lowest BCUT2D eigenvalue weighted by atomic mass is 9.87. The van der Waals surface area contributed by atoms with Gasteiger partial charge in [0, 0.05) is 17.5 Å². The highest BCUT2D eigenvalue weighted by molar-refractivity contribution is 7.98. The van der Waals surface area contributed by atoms with Crippen molar-refractivity contribution in [1.82, 2.24) is 4.90 Å². The summed E-state index contributed by atoms with van der Waals surface area (Å²) >= 11 is 1.88. The molecule has 0 N–H and O–H groups in total. The fourth-order valence-electron chi connectivity index (χ4n) is 3.30. The van der Waals surface area contributed by atoms with Crippen LogP contribution in [-0.4, -0.2) is 24.2 Å². The number of fused-ring (bicyclic) bond motifs is 1. The number of nitrogens with zero attached hydrogens (tertiary/aromatic N) is 1. The van der Waals surface area contributed by atoms with Gasteiger partial charge >= 0.3 is 0 Å². The smallest absolute Gasteiger partial charge is 0.0233 e. The van der Waals surface area contributed by atoms with Crippen molar-refractivity contribution < 1.29 is 0 Å². The Labute approximate surface area is 132 Å².